The van der Waals surface area contributed by atoms with Crippen molar-refractivity contribution in [2.45, 2.75) is 6.92 Å². The molecule has 0 amide bonds. The Morgan fingerprint density at radius 3 is 1.93 bits per heavy atom. The predicted octanol–water partition coefficient (Wildman–Crippen LogP) is 3.82. The van der Waals surface area contributed by atoms with E-state index in [2.05, 4.69) is 11.8 Å². The predicted molar refractivity (Wildman–Crippen MR) is 113 cm³/mol. The fraction of sp³-hybridized carbons (Fsp3) is 0.261. The van der Waals surface area contributed by atoms with Crippen LogP contribution in [0.4, 0.5) is 11.4 Å². The van der Waals surface area contributed by atoms with Crippen molar-refractivity contribution in [3.8, 4) is 11.8 Å². The van der Waals surface area contributed by atoms with E-state index in [4.69, 9.17) is 4.74 Å². The average molecular weight is 362 g/mol. The Bertz CT molecular complexity index is 852. The van der Waals surface area contributed by atoms with E-state index in [1.54, 1.807) is 0 Å². The SMILES string of the molecule is CCO/C(=C/C(=O)C#Cc1ccc(N(C)C)cc1)c1ccc(N(C)C)cc1. The molecular formula is C23H26N2O2. The van der Waals surface area contributed by atoms with Gasteiger partial charge in [0.25, 0.3) is 0 Å². The molecule has 0 saturated carbocycles. The standard InChI is InChI=1S/C23H26N2O2/c1-6-27-23(19-10-14-21(15-11-19)25(4)5)17-22(26)16-9-18-7-12-20(13-8-18)24(2)3/h7-8,10-15,17H,6H2,1-5H3/b23-17+. The van der Waals surface area contributed by atoms with Crippen molar-refractivity contribution in [3.63, 3.8) is 0 Å². The molecule has 0 aliphatic carbocycles. The van der Waals surface area contributed by atoms with Gasteiger partial charge >= 0.3 is 0 Å². The van der Waals surface area contributed by atoms with Crippen molar-refractivity contribution < 1.29 is 9.53 Å². The van der Waals surface area contributed by atoms with Crippen LogP contribution in [0.15, 0.2) is 54.6 Å². The summed E-state index contributed by atoms with van der Waals surface area (Å²) >= 11 is 0. The first-order chi connectivity index (χ1) is 12.9. The number of ketones is 1. The third kappa shape index (κ3) is 5.93. The van der Waals surface area contributed by atoms with Gasteiger partial charge in [0.1, 0.15) is 5.76 Å². The van der Waals surface area contributed by atoms with Gasteiger partial charge in [0.05, 0.1) is 6.61 Å². The van der Waals surface area contributed by atoms with Gasteiger partial charge in [-0.15, -0.1) is 0 Å². The zero-order chi connectivity index (χ0) is 19.8. The molecule has 2 rings (SSSR count). The summed E-state index contributed by atoms with van der Waals surface area (Å²) in [5.41, 5.74) is 3.83. The van der Waals surface area contributed by atoms with Gasteiger partial charge in [-0.05, 0) is 61.4 Å². The Kier molecular flexibility index (Phi) is 7.08. The Hall–Kier alpha value is -3.19. The molecule has 4 nitrogen and oxygen atoms in total. The highest BCUT2D eigenvalue weighted by molar-refractivity contribution is 6.08. The van der Waals surface area contributed by atoms with Crippen molar-refractivity contribution in [2.75, 3.05) is 44.6 Å². The summed E-state index contributed by atoms with van der Waals surface area (Å²) in [6.45, 7) is 2.37. The third-order valence-electron chi connectivity index (χ3n) is 3.94. The monoisotopic (exact) mass is 362 g/mol. The van der Waals surface area contributed by atoms with Gasteiger partial charge in [-0.25, -0.2) is 0 Å². The molecule has 0 unspecified atom stereocenters. The van der Waals surface area contributed by atoms with Crippen molar-refractivity contribution in [3.05, 3.63) is 65.7 Å². The van der Waals surface area contributed by atoms with Gasteiger partial charge < -0.3 is 14.5 Å². The molecule has 0 aliphatic heterocycles. The first kappa shape index (κ1) is 20.1. The van der Waals surface area contributed by atoms with Crippen LogP contribution < -0.4 is 9.80 Å². The summed E-state index contributed by atoms with van der Waals surface area (Å²) < 4.78 is 5.65. The van der Waals surface area contributed by atoms with Crippen molar-refractivity contribution in [1.82, 2.24) is 0 Å². The van der Waals surface area contributed by atoms with Gasteiger partial charge in [-0.1, -0.05) is 5.92 Å². The van der Waals surface area contributed by atoms with E-state index < -0.39 is 0 Å². The maximum Gasteiger partial charge on any atom is 0.232 e. The van der Waals surface area contributed by atoms with Crippen LogP contribution in [0.1, 0.15) is 18.1 Å². The highest BCUT2D eigenvalue weighted by atomic mass is 16.5. The molecule has 140 valence electrons. The molecule has 2 aromatic rings. The summed E-state index contributed by atoms with van der Waals surface area (Å²) in [5.74, 6) is 5.82. The van der Waals surface area contributed by atoms with E-state index >= 15 is 0 Å². The fourth-order valence-corrected chi connectivity index (χ4v) is 2.42. The van der Waals surface area contributed by atoms with E-state index in [0.29, 0.717) is 12.4 Å². The molecule has 0 radical (unpaired) electrons. The van der Waals surface area contributed by atoms with E-state index in [-0.39, 0.29) is 5.78 Å². The lowest BCUT2D eigenvalue weighted by molar-refractivity contribution is -0.109. The average Bonchev–Trinajstić information content (AvgIpc) is 2.66. The Labute approximate surface area is 162 Å². The summed E-state index contributed by atoms with van der Waals surface area (Å²) in [7, 11) is 7.93. The zero-order valence-electron chi connectivity index (χ0n) is 16.6. The first-order valence-corrected chi connectivity index (χ1v) is 8.86. The molecule has 2 aromatic carbocycles. The number of carbonyl (C=O) groups excluding carboxylic acids is 1. The van der Waals surface area contributed by atoms with Crippen molar-refractivity contribution in [2.24, 2.45) is 0 Å². The Balaban J connectivity index is 2.18. The first-order valence-electron chi connectivity index (χ1n) is 8.86. The molecule has 0 heterocycles. The number of benzene rings is 2. The topological polar surface area (TPSA) is 32.8 Å². The largest absolute Gasteiger partial charge is 0.493 e. The van der Waals surface area contributed by atoms with Crippen LogP contribution in [0.5, 0.6) is 0 Å². The van der Waals surface area contributed by atoms with E-state index in [9.17, 15) is 4.79 Å². The molecule has 27 heavy (non-hydrogen) atoms. The number of carbonyl (C=O) groups is 1. The van der Waals surface area contributed by atoms with Gasteiger partial charge in [0.15, 0.2) is 0 Å². The number of allylic oxidation sites excluding steroid dienone is 1. The molecule has 0 aromatic heterocycles. The van der Waals surface area contributed by atoms with Gasteiger partial charge in [-0.2, -0.15) is 0 Å². The van der Waals surface area contributed by atoms with Crippen LogP contribution in [0, 0.1) is 11.8 Å². The normalized spacial score (nSPS) is 10.6. The van der Waals surface area contributed by atoms with E-state index in [1.165, 1.54) is 6.08 Å². The quantitative estimate of drug-likeness (QED) is 0.444. The highest BCUT2D eigenvalue weighted by Crippen LogP contribution is 2.20. The van der Waals surface area contributed by atoms with E-state index in [0.717, 1.165) is 22.5 Å². The lowest BCUT2D eigenvalue weighted by Gasteiger charge is -2.14. The minimum Gasteiger partial charge on any atom is -0.493 e. The summed E-state index contributed by atoms with van der Waals surface area (Å²) in [4.78, 5) is 16.3. The summed E-state index contributed by atoms with van der Waals surface area (Å²) in [6.07, 6.45) is 1.45. The zero-order valence-corrected chi connectivity index (χ0v) is 16.6. The number of ether oxygens (including phenoxy) is 1. The molecule has 0 bridgehead atoms. The highest BCUT2D eigenvalue weighted by Gasteiger charge is 2.06. The van der Waals surface area contributed by atoms with Crippen LogP contribution in [0.3, 0.4) is 0 Å². The van der Waals surface area contributed by atoms with Crippen LogP contribution in [0.25, 0.3) is 5.76 Å². The second-order valence-corrected chi connectivity index (χ2v) is 6.44. The molecule has 4 heteroatoms. The lowest BCUT2D eigenvalue weighted by atomic mass is 10.1. The number of hydrogen-bond acceptors (Lipinski definition) is 4. The second-order valence-electron chi connectivity index (χ2n) is 6.44. The summed E-state index contributed by atoms with van der Waals surface area (Å²) in [6, 6.07) is 15.6. The lowest BCUT2D eigenvalue weighted by Crippen LogP contribution is -2.08. The number of hydrogen-bond donors (Lipinski definition) is 0. The van der Waals surface area contributed by atoms with Gasteiger partial charge in [0.2, 0.25) is 5.78 Å². The number of rotatable bonds is 6. The van der Waals surface area contributed by atoms with Crippen molar-refractivity contribution >= 4 is 22.9 Å². The molecule has 0 spiro atoms. The van der Waals surface area contributed by atoms with Crippen LogP contribution >= 0.6 is 0 Å². The van der Waals surface area contributed by atoms with Gasteiger partial charge in [0, 0.05) is 56.8 Å². The number of nitrogens with zero attached hydrogens (tertiary/aromatic N) is 2. The van der Waals surface area contributed by atoms with Crippen LogP contribution in [-0.2, 0) is 9.53 Å². The Morgan fingerprint density at radius 2 is 1.44 bits per heavy atom. The molecule has 0 atom stereocenters. The maximum atomic E-state index is 12.3. The maximum absolute atomic E-state index is 12.3. The van der Waals surface area contributed by atoms with E-state index in [1.807, 2.05) is 93.4 Å². The molecular weight excluding hydrogens is 336 g/mol. The van der Waals surface area contributed by atoms with Crippen LogP contribution in [-0.4, -0.2) is 40.6 Å². The third-order valence-corrected chi connectivity index (χ3v) is 3.94. The van der Waals surface area contributed by atoms with Gasteiger partial charge in [-0.3, -0.25) is 4.79 Å². The smallest absolute Gasteiger partial charge is 0.232 e. The Morgan fingerprint density at radius 1 is 0.926 bits per heavy atom. The minimum atomic E-state index is -0.285. The summed E-state index contributed by atoms with van der Waals surface area (Å²) in [5, 5.41) is 0. The molecule has 0 fully saturated rings. The fourth-order valence-electron chi connectivity index (χ4n) is 2.42. The second kappa shape index (κ2) is 9.49. The molecule has 0 N–H and O–H groups in total. The van der Waals surface area contributed by atoms with Crippen LogP contribution in [0.2, 0.25) is 0 Å². The number of anilines is 2. The molecule has 0 aliphatic rings. The van der Waals surface area contributed by atoms with Crippen molar-refractivity contribution in [1.29, 1.82) is 0 Å². The molecule has 0 saturated heterocycles. The minimum absolute atomic E-state index is 0.285.